The first-order valence-electron chi connectivity index (χ1n) is 7.29. The quantitative estimate of drug-likeness (QED) is 0.319. The molecule has 2 aromatic rings. The molecule has 0 fully saturated rings. The van der Waals surface area contributed by atoms with Gasteiger partial charge in [-0.25, -0.2) is 0 Å². The van der Waals surface area contributed by atoms with Crippen molar-refractivity contribution < 1.29 is 13.0 Å². The molecule has 0 atom stereocenters. The minimum absolute atomic E-state index is 0.148. The molecule has 0 bridgehead atoms. The van der Waals surface area contributed by atoms with Gasteiger partial charge in [-0.2, -0.15) is 4.74 Å². The van der Waals surface area contributed by atoms with Crippen LogP contribution in [0.1, 0.15) is 13.8 Å². The van der Waals surface area contributed by atoms with Crippen molar-refractivity contribution in [2.24, 2.45) is 0 Å². The van der Waals surface area contributed by atoms with Crippen LogP contribution in [0.4, 0.5) is 5.69 Å². The topological polar surface area (TPSA) is 26.1 Å². The molecule has 0 heterocycles. The summed E-state index contributed by atoms with van der Waals surface area (Å²) in [6.07, 6.45) is -0.696. The first kappa shape index (κ1) is 4.62. The summed E-state index contributed by atoms with van der Waals surface area (Å²) >= 11 is 0. The lowest BCUT2D eigenvalue weighted by Crippen LogP contribution is -1.97. The maximum absolute atomic E-state index is 12.1. The third kappa shape index (κ3) is 2.44. The third-order valence-corrected chi connectivity index (χ3v) is 1.70. The Bertz CT molecular complexity index is 700. The normalized spacial score (nSPS) is 17.6. The summed E-state index contributed by atoms with van der Waals surface area (Å²) in [4.78, 5) is 0. The van der Waals surface area contributed by atoms with Gasteiger partial charge < -0.3 is 5.21 Å². The SMILES string of the molecule is [2H]/C(c1c([2H])c([2H])c([2H])c([2H])c1[2H])=[N+](/[O-])c1ccccc1. The number of para-hydroxylation sites is 1. The minimum atomic E-state index is -0.696. The van der Waals surface area contributed by atoms with E-state index >= 15 is 0 Å². The summed E-state index contributed by atoms with van der Waals surface area (Å²) in [5, 5.41) is 12.1. The van der Waals surface area contributed by atoms with E-state index in [9.17, 15) is 5.21 Å². The largest absolute Gasteiger partial charge is 0.618 e. The van der Waals surface area contributed by atoms with E-state index in [0.29, 0.717) is 0 Å². The first-order valence-corrected chi connectivity index (χ1v) is 4.29. The number of nitrogens with zero attached hydrogens (tertiary/aromatic N) is 1. The molecule has 0 aliphatic carbocycles. The van der Waals surface area contributed by atoms with Crippen LogP contribution in [-0.4, -0.2) is 10.9 Å². The number of benzene rings is 2. The highest BCUT2D eigenvalue weighted by molar-refractivity contribution is 5.76. The zero-order chi connectivity index (χ0) is 15.7. The van der Waals surface area contributed by atoms with Gasteiger partial charge in [-0.05, 0) is 12.1 Å². The molecule has 0 unspecified atom stereocenters. The first-order chi connectivity index (χ1) is 9.86. The predicted molar refractivity (Wildman–Crippen MR) is 61.3 cm³/mol. The fourth-order valence-corrected chi connectivity index (χ4v) is 1.04. The monoisotopic (exact) mass is 203 g/mol. The van der Waals surface area contributed by atoms with Crippen molar-refractivity contribution in [1.82, 2.24) is 0 Å². The molecule has 0 radical (unpaired) electrons. The fraction of sp³-hybridized carbons (Fsp3) is 0. The summed E-state index contributed by atoms with van der Waals surface area (Å²) < 4.78 is 46.2. The molecule has 2 rings (SSSR count). The van der Waals surface area contributed by atoms with Crippen molar-refractivity contribution in [3.05, 3.63) is 71.3 Å². The van der Waals surface area contributed by atoms with Gasteiger partial charge in [0.2, 0.25) is 5.69 Å². The van der Waals surface area contributed by atoms with Crippen LogP contribution >= 0.6 is 0 Å². The maximum atomic E-state index is 12.1. The molecule has 2 aromatic carbocycles. The molecule has 15 heavy (non-hydrogen) atoms. The van der Waals surface area contributed by atoms with Crippen LogP contribution in [0.25, 0.3) is 0 Å². The van der Waals surface area contributed by atoms with Gasteiger partial charge in [0, 0.05) is 17.7 Å². The molecule has 0 aliphatic heterocycles. The summed E-state index contributed by atoms with van der Waals surface area (Å²) in [6, 6.07) is 5.02. The maximum Gasteiger partial charge on any atom is 0.216 e. The van der Waals surface area contributed by atoms with E-state index in [1.165, 1.54) is 12.1 Å². The Morgan fingerprint density at radius 3 is 2.47 bits per heavy atom. The Hall–Kier alpha value is -2.09. The highest BCUT2D eigenvalue weighted by Crippen LogP contribution is 2.09. The molecule has 74 valence electrons. The highest BCUT2D eigenvalue weighted by Gasteiger charge is 1.98. The lowest BCUT2D eigenvalue weighted by molar-refractivity contribution is -0.354. The summed E-state index contributed by atoms with van der Waals surface area (Å²) in [5.74, 6) is 0. The standard InChI is InChI=1S/C13H11NO/c15-14(13-9-5-2-6-10-13)11-12-7-3-1-4-8-12/h1-11H/b14-11-/i1D,3D,4D,7D,8D,11D. The van der Waals surface area contributed by atoms with E-state index in [1.807, 2.05) is 0 Å². The molecule has 0 saturated carbocycles. The molecule has 0 saturated heterocycles. The Morgan fingerprint density at radius 1 is 1.13 bits per heavy atom. The van der Waals surface area contributed by atoms with Crippen LogP contribution in [0.15, 0.2) is 60.5 Å². The molecule has 0 spiro atoms. The van der Waals surface area contributed by atoms with Crippen LogP contribution in [0, 0.1) is 5.21 Å². The fourth-order valence-electron chi connectivity index (χ4n) is 1.04. The molecular formula is C13H11NO. The molecule has 0 aromatic heterocycles. The second kappa shape index (κ2) is 4.42. The van der Waals surface area contributed by atoms with Crippen molar-refractivity contribution >= 4 is 11.9 Å². The molecule has 2 nitrogen and oxygen atoms in total. The second-order valence-electron chi connectivity index (χ2n) is 2.74. The summed E-state index contributed by atoms with van der Waals surface area (Å²) in [6.45, 7) is 0. The van der Waals surface area contributed by atoms with E-state index in [-0.39, 0.29) is 10.4 Å². The van der Waals surface area contributed by atoms with Crippen LogP contribution in [0.5, 0.6) is 0 Å². The zero-order valence-electron chi connectivity index (χ0n) is 13.7. The van der Waals surface area contributed by atoms with Crippen LogP contribution in [-0.2, 0) is 0 Å². The van der Waals surface area contributed by atoms with Gasteiger partial charge in [-0.1, -0.05) is 36.3 Å². The third-order valence-electron chi connectivity index (χ3n) is 1.70. The lowest BCUT2D eigenvalue weighted by Gasteiger charge is -2.01. The van der Waals surface area contributed by atoms with Gasteiger partial charge >= 0.3 is 0 Å². The van der Waals surface area contributed by atoms with Crippen LogP contribution in [0.3, 0.4) is 0 Å². The van der Waals surface area contributed by atoms with Crippen LogP contribution < -0.4 is 0 Å². The number of hydrogen-bond donors (Lipinski definition) is 0. The van der Waals surface area contributed by atoms with Crippen molar-refractivity contribution in [2.45, 2.75) is 0 Å². The van der Waals surface area contributed by atoms with E-state index in [4.69, 9.17) is 8.22 Å². The van der Waals surface area contributed by atoms with Crippen molar-refractivity contribution in [2.75, 3.05) is 0 Å². The molecule has 0 aliphatic rings. The Labute approximate surface area is 97.1 Å². The average molecular weight is 203 g/mol. The zero-order valence-corrected chi connectivity index (χ0v) is 7.74. The molecular weight excluding hydrogens is 186 g/mol. The lowest BCUT2D eigenvalue weighted by atomic mass is 10.2. The van der Waals surface area contributed by atoms with Gasteiger partial charge in [-0.3, -0.25) is 0 Å². The van der Waals surface area contributed by atoms with E-state index in [1.54, 1.807) is 18.2 Å². The van der Waals surface area contributed by atoms with Gasteiger partial charge in [0.15, 0.2) is 6.19 Å². The van der Waals surface area contributed by atoms with Crippen molar-refractivity contribution in [3.63, 3.8) is 0 Å². The Balaban J connectivity index is 2.73. The van der Waals surface area contributed by atoms with Gasteiger partial charge in [0.25, 0.3) is 0 Å². The minimum Gasteiger partial charge on any atom is -0.618 e. The highest BCUT2D eigenvalue weighted by atomic mass is 16.5. The van der Waals surface area contributed by atoms with Gasteiger partial charge in [0.05, 0.1) is 6.85 Å². The van der Waals surface area contributed by atoms with E-state index in [2.05, 4.69) is 0 Å². The summed E-state index contributed by atoms with van der Waals surface area (Å²) in [7, 11) is 0. The van der Waals surface area contributed by atoms with Crippen molar-refractivity contribution in [3.8, 4) is 0 Å². The Morgan fingerprint density at radius 2 is 1.80 bits per heavy atom. The van der Waals surface area contributed by atoms with E-state index < -0.39 is 42.0 Å². The van der Waals surface area contributed by atoms with Crippen molar-refractivity contribution in [1.29, 1.82) is 0 Å². The Kier molecular flexibility index (Phi) is 1.36. The second-order valence-corrected chi connectivity index (χ2v) is 2.74. The predicted octanol–water partition coefficient (Wildman–Crippen LogP) is 2.95. The number of hydrogen-bond acceptors (Lipinski definition) is 1. The number of rotatable bonds is 2. The molecule has 0 amide bonds. The van der Waals surface area contributed by atoms with Crippen LogP contribution in [0.2, 0.25) is 0 Å². The molecule has 0 N–H and O–H groups in total. The molecule has 2 heteroatoms. The summed E-state index contributed by atoms with van der Waals surface area (Å²) in [5.41, 5.74) is -0.269. The van der Waals surface area contributed by atoms with E-state index in [0.717, 1.165) is 0 Å². The average Bonchev–Trinajstić information content (AvgIpc) is 2.51. The smallest absolute Gasteiger partial charge is 0.216 e. The van der Waals surface area contributed by atoms with Gasteiger partial charge in [-0.15, -0.1) is 0 Å². The van der Waals surface area contributed by atoms with Gasteiger partial charge in [0.1, 0.15) is 1.37 Å².